The summed E-state index contributed by atoms with van der Waals surface area (Å²) in [4.78, 5) is 43.4. The van der Waals surface area contributed by atoms with Crippen molar-refractivity contribution in [2.24, 2.45) is 5.92 Å². The number of hydrogen-bond donors (Lipinski definition) is 1. The third-order valence-corrected chi connectivity index (χ3v) is 6.48. The molecule has 2 saturated carbocycles. The van der Waals surface area contributed by atoms with Crippen molar-refractivity contribution < 1.29 is 23.5 Å². The summed E-state index contributed by atoms with van der Waals surface area (Å²) in [5, 5.41) is 6.73. The number of pyridine rings is 2. The summed E-state index contributed by atoms with van der Waals surface area (Å²) in [6.07, 6.45) is 6.68. The zero-order valence-electron chi connectivity index (χ0n) is 19.4. The van der Waals surface area contributed by atoms with Gasteiger partial charge in [0.2, 0.25) is 11.8 Å². The summed E-state index contributed by atoms with van der Waals surface area (Å²) >= 11 is 0. The zero-order valence-corrected chi connectivity index (χ0v) is 19.4. The molecule has 188 valence electrons. The minimum absolute atomic E-state index is 0.138. The van der Waals surface area contributed by atoms with Crippen molar-refractivity contribution in [2.75, 3.05) is 18.1 Å². The van der Waals surface area contributed by atoms with Gasteiger partial charge in [-0.1, -0.05) is 0 Å². The summed E-state index contributed by atoms with van der Waals surface area (Å²) in [7, 11) is 0. The minimum atomic E-state index is -0.769. The standard InChI is InChI=1S/C24H25FN6O5/c25-18-9-16(11-30-22(18)28-31(24(30)34)12-20(32)27-15-3-4-15)29-8-7-19(23(29)33)36-17-5-6-21(26-10-17)35-13-14-1-2-14/h5-6,9-11,14-15,19H,1-4,7-8,12-13H2,(H,27,32)/t19-/m1/s1. The third kappa shape index (κ3) is 4.62. The number of fused-ring (bicyclic) bond motifs is 1. The quantitative estimate of drug-likeness (QED) is 0.474. The predicted molar refractivity (Wildman–Crippen MR) is 124 cm³/mol. The number of amides is 2. The molecule has 36 heavy (non-hydrogen) atoms. The Morgan fingerprint density at radius 1 is 1.17 bits per heavy atom. The fourth-order valence-electron chi connectivity index (χ4n) is 4.14. The van der Waals surface area contributed by atoms with Crippen LogP contribution in [0.2, 0.25) is 0 Å². The Bertz CT molecular complexity index is 1380. The molecule has 3 fully saturated rings. The lowest BCUT2D eigenvalue weighted by Gasteiger charge is -2.17. The number of rotatable bonds is 9. The van der Waals surface area contributed by atoms with Gasteiger partial charge in [-0.3, -0.25) is 9.59 Å². The Hall–Kier alpha value is -3.96. The molecule has 1 N–H and O–H groups in total. The Morgan fingerprint density at radius 2 is 2.00 bits per heavy atom. The van der Waals surface area contributed by atoms with Crippen LogP contribution in [-0.2, 0) is 16.1 Å². The Labute approximate surface area is 204 Å². The topological polar surface area (TPSA) is 120 Å². The van der Waals surface area contributed by atoms with Crippen LogP contribution in [0.3, 0.4) is 0 Å². The van der Waals surface area contributed by atoms with Gasteiger partial charge in [-0.2, -0.15) is 0 Å². The summed E-state index contributed by atoms with van der Waals surface area (Å²) in [6, 6.07) is 4.70. The maximum atomic E-state index is 14.9. The highest BCUT2D eigenvalue weighted by Crippen LogP contribution is 2.30. The van der Waals surface area contributed by atoms with Crippen LogP contribution in [-0.4, -0.2) is 56.3 Å². The number of carbonyl (C=O) groups is 2. The zero-order chi connectivity index (χ0) is 24.8. The molecule has 1 atom stereocenters. The van der Waals surface area contributed by atoms with Gasteiger partial charge < -0.3 is 19.7 Å². The Morgan fingerprint density at radius 3 is 2.72 bits per heavy atom. The van der Waals surface area contributed by atoms with Crippen molar-refractivity contribution in [3.8, 4) is 11.6 Å². The van der Waals surface area contributed by atoms with E-state index in [0.717, 1.165) is 28.0 Å². The number of halogens is 1. The molecule has 3 aliphatic rings. The van der Waals surface area contributed by atoms with Gasteiger partial charge in [-0.15, -0.1) is 5.10 Å². The van der Waals surface area contributed by atoms with Crippen LogP contribution in [0.4, 0.5) is 10.1 Å². The Balaban J connectivity index is 1.15. The molecular weight excluding hydrogens is 471 g/mol. The van der Waals surface area contributed by atoms with Crippen molar-refractivity contribution in [3.05, 3.63) is 46.9 Å². The first-order valence-electron chi connectivity index (χ1n) is 12.1. The Kier molecular flexibility index (Phi) is 5.57. The molecule has 3 aromatic rings. The lowest BCUT2D eigenvalue weighted by Crippen LogP contribution is -2.34. The fraction of sp³-hybridized carbons (Fsp3) is 0.458. The van der Waals surface area contributed by atoms with E-state index in [4.69, 9.17) is 9.47 Å². The van der Waals surface area contributed by atoms with Gasteiger partial charge in [0.05, 0.1) is 18.5 Å². The molecule has 1 saturated heterocycles. The van der Waals surface area contributed by atoms with E-state index in [1.165, 1.54) is 30.1 Å². The van der Waals surface area contributed by atoms with Gasteiger partial charge in [0.25, 0.3) is 5.91 Å². The predicted octanol–water partition coefficient (Wildman–Crippen LogP) is 1.28. The third-order valence-electron chi connectivity index (χ3n) is 6.48. The molecule has 1 aliphatic heterocycles. The summed E-state index contributed by atoms with van der Waals surface area (Å²) in [6.45, 7) is 0.639. The lowest BCUT2D eigenvalue weighted by atomic mass is 10.3. The maximum absolute atomic E-state index is 14.9. The first kappa shape index (κ1) is 22.5. The second-order valence-corrected chi connectivity index (χ2v) is 9.49. The average Bonchev–Trinajstić information content (AvgIpc) is 3.79. The normalized spacial score (nSPS) is 19.6. The van der Waals surface area contributed by atoms with Crippen molar-refractivity contribution in [3.63, 3.8) is 0 Å². The highest BCUT2D eigenvalue weighted by atomic mass is 19.1. The molecule has 6 rings (SSSR count). The number of aromatic nitrogens is 4. The van der Waals surface area contributed by atoms with Crippen molar-refractivity contribution in [1.29, 1.82) is 0 Å². The molecule has 0 aromatic carbocycles. The second-order valence-electron chi connectivity index (χ2n) is 9.49. The minimum Gasteiger partial charge on any atom is -0.479 e. The SMILES string of the molecule is O=C(Cn1nc2c(F)cc(N3CC[C@@H](Oc4ccc(OCC5CC5)nc4)C3=O)cn2c1=O)NC1CC1. The van der Waals surface area contributed by atoms with Gasteiger partial charge in [-0.05, 0) is 37.7 Å². The van der Waals surface area contributed by atoms with E-state index in [1.807, 2.05) is 0 Å². The van der Waals surface area contributed by atoms with E-state index in [0.29, 0.717) is 30.6 Å². The van der Waals surface area contributed by atoms with E-state index in [9.17, 15) is 18.8 Å². The van der Waals surface area contributed by atoms with Crippen LogP contribution < -0.4 is 25.4 Å². The van der Waals surface area contributed by atoms with Gasteiger partial charge in [0.1, 0.15) is 12.3 Å². The number of nitrogens with one attached hydrogen (secondary N) is 1. The summed E-state index contributed by atoms with van der Waals surface area (Å²) in [5.74, 6) is 0.0772. The molecule has 2 amide bonds. The van der Waals surface area contributed by atoms with Crippen LogP contribution in [0, 0.1) is 11.7 Å². The van der Waals surface area contributed by atoms with E-state index < -0.39 is 17.6 Å². The monoisotopic (exact) mass is 496 g/mol. The molecule has 0 spiro atoms. The van der Waals surface area contributed by atoms with Crippen LogP contribution >= 0.6 is 0 Å². The molecule has 12 heteroatoms. The molecule has 3 aromatic heterocycles. The lowest BCUT2D eigenvalue weighted by molar-refractivity contribution is -0.123. The highest BCUT2D eigenvalue weighted by Gasteiger charge is 2.35. The molecule has 11 nitrogen and oxygen atoms in total. The summed E-state index contributed by atoms with van der Waals surface area (Å²) < 4.78 is 28.2. The summed E-state index contributed by atoms with van der Waals surface area (Å²) in [5.41, 5.74) is -0.661. The average molecular weight is 496 g/mol. The highest BCUT2D eigenvalue weighted by molar-refractivity contribution is 5.99. The molecule has 4 heterocycles. The van der Waals surface area contributed by atoms with Gasteiger partial charge >= 0.3 is 5.69 Å². The van der Waals surface area contributed by atoms with Gasteiger partial charge in [0, 0.05) is 37.3 Å². The van der Waals surface area contributed by atoms with E-state index in [2.05, 4.69) is 15.4 Å². The molecule has 0 bridgehead atoms. The van der Waals surface area contributed by atoms with Crippen LogP contribution in [0.15, 0.2) is 35.4 Å². The van der Waals surface area contributed by atoms with Gasteiger partial charge in [-0.25, -0.2) is 23.3 Å². The number of carbonyl (C=O) groups excluding carboxylic acids is 2. The van der Waals surface area contributed by atoms with Crippen molar-refractivity contribution >= 4 is 23.1 Å². The fourth-order valence-corrected chi connectivity index (χ4v) is 4.14. The maximum Gasteiger partial charge on any atom is 0.350 e. The first-order valence-corrected chi connectivity index (χ1v) is 12.1. The number of anilines is 1. The van der Waals surface area contributed by atoms with Crippen molar-refractivity contribution in [2.45, 2.75) is 50.8 Å². The smallest absolute Gasteiger partial charge is 0.350 e. The molecular formula is C24H25FN6O5. The van der Waals surface area contributed by atoms with Crippen LogP contribution in [0.5, 0.6) is 11.6 Å². The van der Waals surface area contributed by atoms with Gasteiger partial charge in [0.15, 0.2) is 17.6 Å². The number of ether oxygens (including phenoxy) is 2. The molecule has 2 aliphatic carbocycles. The van der Waals surface area contributed by atoms with Crippen LogP contribution in [0.25, 0.3) is 5.65 Å². The largest absolute Gasteiger partial charge is 0.479 e. The second kappa shape index (κ2) is 8.92. The van der Waals surface area contributed by atoms with Crippen LogP contribution in [0.1, 0.15) is 32.1 Å². The van der Waals surface area contributed by atoms with E-state index >= 15 is 0 Å². The number of hydrogen-bond acceptors (Lipinski definition) is 7. The van der Waals surface area contributed by atoms with E-state index in [-0.39, 0.29) is 42.3 Å². The first-order chi connectivity index (χ1) is 17.4. The van der Waals surface area contributed by atoms with E-state index in [1.54, 1.807) is 12.1 Å². The van der Waals surface area contributed by atoms with Crippen molar-refractivity contribution in [1.82, 2.24) is 24.5 Å². The molecule has 0 radical (unpaired) electrons. The molecule has 0 unspecified atom stereocenters. The number of nitrogens with zero attached hydrogens (tertiary/aromatic N) is 5.